The zero-order valence-corrected chi connectivity index (χ0v) is 14.6. The van der Waals surface area contributed by atoms with Crippen molar-refractivity contribution in [3.05, 3.63) is 53.1 Å². The van der Waals surface area contributed by atoms with Gasteiger partial charge in [0.1, 0.15) is 11.5 Å². The van der Waals surface area contributed by atoms with Gasteiger partial charge in [-0.25, -0.2) is 0 Å². The largest absolute Gasteiger partial charge is 0.497 e. The number of hydrogen-bond donors (Lipinski definition) is 2. The number of rotatable bonds is 6. The Hall–Kier alpha value is -1.98. The van der Waals surface area contributed by atoms with E-state index in [-0.39, 0.29) is 0 Å². The molecule has 0 unspecified atom stereocenters. The van der Waals surface area contributed by atoms with Crippen LogP contribution in [0.3, 0.4) is 0 Å². The molecule has 0 fully saturated rings. The zero-order chi connectivity index (χ0) is 16.7. The summed E-state index contributed by atoms with van der Waals surface area (Å²) < 4.78 is 10.5. The lowest BCUT2D eigenvalue weighted by atomic mass is 10.1. The van der Waals surface area contributed by atoms with Gasteiger partial charge in [0.15, 0.2) is 5.11 Å². The van der Waals surface area contributed by atoms with Gasteiger partial charge >= 0.3 is 0 Å². The molecule has 2 aromatic carbocycles. The summed E-state index contributed by atoms with van der Waals surface area (Å²) in [6.07, 6.45) is 0.837. The minimum atomic E-state index is 0.544. The van der Waals surface area contributed by atoms with E-state index in [2.05, 4.69) is 10.6 Å². The lowest BCUT2D eigenvalue weighted by Gasteiger charge is -2.13. The summed E-state index contributed by atoms with van der Waals surface area (Å²) in [6, 6.07) is 13.3. The van der Waals surface area contributed by atoms with Crippen LogP contribution in [0.2, 0.25) is 5.02 Å². The molecule has 2 aromatic rings. The average Bonchev–Trinajstić information content (AvgIpc) is 2.54. The fourth-order valence-electron chi connectivity index (χ4n) is 2.07. The highest BCUT2D eigenvalue weighted by Gasteiger charge is 2.04. The van der Waals surface area contributed by atoms with Gasteiger partial charge in [-0.1, -0.05) is 23.7 Å². The predicted molar refractivity (Wildman–Crippen MR) is 98.9 cm³/mol. The molecule has 0 aliphatic carbocycles. The second-order valence-electron chi connectivity index (χ2n) is 4.86. The van der Waals surface area contributed by atoms with Crippen LogP contribution in [0, 0.1) is 0 Å². The van der Waals surface area contributed by atoms with Gasteiger partial charge in [0.2, 0.25) is 0 Å². The predicted octanol–water partition coefficient (Wildman–Crippen LogP) is 3.89. The highest BCUT2D eigenvalue weighted by molar-refractivity contribution is 7.80. The molecule has 0 atom stereocenters. The molecule has 0 saturated carbocycles. The molecule has 0 spiro atoms. The van der Waals surface area contributed by atoms with E-state index < -0.39 is 0 Å². The van der Waals surface area contributed by atoms with Crippen LogP contribution in [0.5, 0.6) is 11.5 Å². The van der Waals surface area contributed by atoms with Crippen molar-refractivity contribution in [3.63, 3.8) is 0 Å². The minimum Gasteiger partial charge on any atom is -0.497 e. The summed E-state index contributed by atoms with van der Waals surface area (Å²) in [6.45, 7) is 0.716. The minimum absolute atomic E-state index is 0.544. The molecule has 0 heterocycles. The van der Waals surface area contributed by atoms with Crippen LogP contribution in [-0.4, -0.2) is 25.9 Å². The lowest BCUT2D eigenvalue weighted by Crippen LogP contribution is -2.30. The van der Waals surface area contributed by atoms with Crippen LogP contribution >= 0.6 is 23.8 Å². The number of halogens is 1. The summed E-state index contributed by atoms with van der Waals surface area (Å²) in [5.41, 5.74) is 1.97. The van der Waals surface area contributed by atoms with Gasteiger partial charge in [0, 0.05) is 35.5 Å². The van der Waals surface area contributed by atoms with E-state index in [0.717, 1.165) is 22.7 Å². The Morgan fingerprint density at radius 1 is 1.09 bits per heavy atom. The molecule has 122 valence electrons. The van der Waals surface area contributed by atoms with E-state index >= 15 is 0 Å². The third-order valence-corrected chi connectivity index (χ3v) is 3.68. The SMILES string of the molecule is COc1cc(NC(=S)NCCc2cccc(Cl)c2)cc(OC)c1. The third-order valence-electron chi connectivity index (χ3n) is 3.20. The molecule has 0 aliphatic rings. The van der Waals surface area contributed by atoms with Crippen molar-refractivity contribution in [2.75, 3.05) is 26.1 Å². The monoisotopic (exact) mass is 350 g/mol. The normalized spacial score (nSPS) is 10.0. The molecule has 0 saturated heterocycles. The molecular weight excluding hydrogens is 332 g/mol. The fourth-order valence-corrected chi connectivity index (χ4v) is 2.50. The highest BCUT2D eigenvalue weighted by Crippen LogP contribution is 2.25. The lowest BCUT2D eigenvalue weighted by molar-refractivity contribution is 0.395. The van der Waals surface area contributed by atoms with Gasteiger partial charge in [-0.15, -0.1) is 0 Å². The number of hydrogen-bond acceptors (Lipinski definition) is 3. The number of methoxy groups -OCH3 is 2. The molecule has 2 N–H and O–H groups in total. The third kappa shape index (κ3) is 5.62. The Bertz CT molecular complexity index is 657. The molecule has 4 nitrogen and oxygen atoms in total. The van der Waals surface area contributed by atoms with Crippen molar-refractivity contribution < 1.29 is 9.47 Å². The number of thiocarbonyl (C=S) groups is 1. The maximum atomic E-state index is 5.97. The number of benzene rings is 2. The summed E-state index contributed by atoms with van der Waals surface area (Å²) in [5, 5.41) is 7.58. The maximum absolute atomic E-state index is 5.97. The van der Waals surface area contributed by atoms with Crippen LogP contribution in [0.25, 0.3) is 0 Å². The van der Waals surface area contributed by atoms with E-state index in [1.807, 2.05) is 36.4 Å². The van der Waals surface area contributed by atoms with E-state index in [9.17, 15) is 0 Å². The van der Waals surface area contributed by atoms with Crippen LogP contribution in [-0.2, 0) is 6.42 Å². The summed E-state index contributed by atoms with van der Waals surface area (Å²) >= 11 is 11.3. The van der Waals surface area contributed by atoms with Crippen LogP contribution in [0.1, 0.15) is 5.56 Å². The average molecular weight is 351 g/mol. The van der Waals surface area contributed by atoms with Gasteiger partial charge in [-0.05, 0) is 36.3 Å². The molecule has 0 radical (unpaired) electrons. The Morgan fingerprint density at radius 2 is 1.78 bits per heavy atom. The van der Waals surface area contributed by atoms with Crippen LogP contribution in [0.15, 0.2) is 42.5 Å². The van der Waals surface area contributed by atoms with Gasteiger partial charge in [0.25, 0.3) is 0 Å². The van der Waals surface area contributed by atoms with E-state index in [4.69, 9.17) is 33.3 Å². The number of nitrogens with one attached hydrogen (secondary N) is 2. The smallest absolute Gasteiger partial charge is 0.170 e. The molecule has 0 bridgehead atoms. The Labute approximate surface area is 146 Å². The van der Waals surface area contributed by atoms with E-state index in [1.165, 1.54) is 0 Å². The molecule has 2 rings (SSSR count). The van der Waals surface area contributed by atoms with Gasteiger partial charge in [-0.3, -0.25) is 0 Å². The fraction of sp³-hybridized carbons (Fsp3) is 0.235. The first-order chi connectivity index (χ1) is 11.1. The van der Waals surface area contributed by atoms with Gasteiger partial charge in [0.05, 0.1) is 14.2 Å². The van der Waals surface area contributed by atoms with Crippen molar-refractivity contribution >= 4 is 34.6 Å². The Kier molecular flexibility index (Phi) is 6.50. The number of anilines is 1. The topological polar surface area (TPSA) is 42.5 Å². The molecule has 0 aliphatic heterocycles. The van der Waals surface area contributed by atoms with Crippen molar-refractivity contribution in [1.29, 1.82) is 0 Å². The second-order valence-corrected chi connectivity index (χ2v) is 5.71. The highest BCUT2D eigenvalue weighted by atomic mass is 35.5. The molecule has 6 heteroatoms. The van der Waals surface area contributed by atoms with Crippen molar-refractivity contribution in [2.24, 2.45) is 0 Å². The Morgan fingerprint density at radius 3 is 2.39 bits per heavy atom. The Balaban J connectivity index is 1.87. The number of ether oxygens (including phenoxy) is 2. The maximum Gasteiger partial charge on any atom is 0.170 e. The van der Waals surface area contributed by atoms with Gasteiger partial charge < -0.3 is 20.1 Å². The van der Waals surface area contributed by atoms with Crippen molar-refractivity contribution in [2.45, 2.75) is 6.42 Å². The summed E-state index contributed by atoms with van der Waals surface area (Å²) in [4.78, 5) is 0. The molecule has 23 heavy (non-hydrogen) atoms. The first-order valence-electron chi connectivity index (χ1n) is 7.13. The van der Waals surface area contributed by atoms with Crippen molar-refractivity contribution in [1.82, 2.24) is 5.32 Å². The second kappa shape index (κ2) is 8.60. The first kappa shape index (κ1) is 17.4. The molecule has 0 amide bonds. The summed E-state index contributed by atoms with van der Waals surface area (Å²) in [7, 11) is 3.22. The quantitative estimate of drug-likeness (QED) is 0.774. The van der Waals surface area contributed by atoms with Crippen LogP contribution in [0.4, 0.5) is 5.69 Å². The zero-order valence-electron chi connectivity index (χ0n) is 13.1. The van der Waals surface area contributed by atoms with Crippen molar-refractivity contribution in [3.8, 4) is 11.5 Å². The first-order valence-corrected chi connectivity index (χ1v) is 7.91. The summed E-state index contributed by atoms with van der Waals surface area (Å²) in [5.74, 6) is 1.40. The molecule has 0 aromatic heterocycles. The molecular formula is C17H19ClN2O2S. The van der Waals surface area contributed by atoms with E-state index in [1.54, 1.807) is 20.3 Å². The standard InChI is InChI=1S/C17H19ClN2O2S/c1-21-15-9-14(10-16(11-15)22-2)20-17(23)19-7-6-12-4-3-5-13(18)8-12/h3-5,8-11H,6-7H2,1-2H3,(H2,19,20,23). The van der Waals surface area contributed by atoms with Gasteiger partial charge in [-0.2, -0.15) is 0 Å². The van der Waals surface area contributed by atoms with Crippen LogP contribution < -0.4 is 20.1 Å². The van der Waals surface area contributed by atoms with E-state index in [0.29, 0.717) is 23.2 Å².